The molecule has 1 aliphatic heterocycles. The first-order valence-corrected chi connectivity index (χ1v) is 10.2. The Morgan fingerprint density at radius 2 is 1.86 bits per heavy atom. The lowest BCUT2D eigenvalue weighted by molar-refractivity contribution is -0.118. The van der Waals surface area contributed by atoms with Crippen molar-refractivity contribution in [3.05, 3.63) is 64.8 Å². The van der Waals surface area contributed by atoms with E-state index in [2.05, 4.69) is 10.4 Å². The van der Waals surface area contributed by atoms with Gasteiger partial charge in [-0.25, -0.2) is 4.68 Å². The lowest BCUT2D eigenvalue weighted by Crippen LogP contribution is -2.22. The number of nitrogens with zero attached hydrogens (tertiary/aromatic N) is 2. The Morgan fingerprint density at radius 1 is 1.14 bits per heavy atom. The molecule has 0 bridgehead atoms. The molecule has 1 N–H and O–H groups in total. The zero-order chi connectivity index (χ0) is 19.5. The molecule has 0 aliphatic carbocycles. The van der Waals surface area contributed by atoms with Crippen LogP contribution in [0.25, 0.3) is 5.69 Å². The van der Waals surface area contributed by atoms with Crippen LogP contribution in [0.4, 0.5) is 5.82 Å². The van der Waals surface area contributed by atoms with E-state index in [9.17, 15) is 4.79 Å². The van der Waals surface area contributed by atoms with Crippen LogP contribution < -0.4 is 14.8 Å². The number of thioether (sulfide) groups is 1. The van der Waals surface area contributed by atoms with E-state index < -0.39 is 0 Å². The van der Waals surface area contributed by atoms with Crippen LogP contribution in [0.3, 0.4) is 0 Å². The van der Waals surface area contributed by atoms with Crippen molar-refractivity contribution in [1.29, 1.82) is 0 Å². The van der Waals surface area contributed by atoms with E-state index in [1.807, 2.05) is 24.3 Å². The number of anilines is 1. The molecule has 0 saturated carbocycles. The maximum atomic E-state index is 12.5. The molecule has 2 heterocycles. The summed E-state index contributed by atoms with van der Waals surface area (Å²) in [5.41, 5.74) is 2.91. The fraction of sp³-hybridized carbons (Fsp3) is 0.200. The molecular weight excluding hydrogens is 398 g/mol. The van der Waals surface area contributed by atoms with Gasteiger partial charge in [-0.15, -0.1) is 0 Å². The summed E-state index contributed by atoms with van der Waals surface area (Å²) in [5.74, 6) is 3.45. The summed E-state index contributed by atoms with van der Waals surface area (Å²) in [6.07, 6.45) is 0. The standard InChI is InChI=1S/C20H18ClN3O3S/c1-26-15-8-4-14(5-9-15)24-20(17-11-28-12-18(17)23-24)22-19(25)10-27-16-6-2-13(21)3-7-16/h2-9H,10-12H2,1H3,(H,22,25). The average molecular weight is 416 g/mol. The van der Waals surface area contributed by atoms with Crippen molar-refractivity contribution in [3.8, 4) is 17.2 Å². The van der Waals surface area contributed by atoms with Crippen molar-refractivity contribution >= 4 is 35.1 Å². The molecule has 144 valence electrons. The average Bonchev–Trinajstić information content (AvgIpc) is 3.30. The lowest BCUT2D eigenvalue weighted by atomic mass is 10.2. The number of aromatic nitrogens is 2. The fourth-order valence-corrected chi connectivity index (χ4v) is 4.06. The summed E-state index contributed by atoms with van der Waals surface area (Å²) in [7, 11) is 1.63. The number of rotatable bonds is 6. The maximum Gasteiger partial charge on any atom is 0.263 e. The summed E-state index contributed by atoms with van der Waals surface area (Å²) >= 11 is 7.65. The monoisotopic (exact) mass is 415 g/mol. The Balaban J connectivity index is 1.53. The minimum absolute atomic E-state index is 0.0999. The molecule has 8 heteroatoms. The highest BCUT2D eigenvalue weighted by Crippen LogP contribution is 2.36. The number of methoxy groups -OCH3 is 1. The molecule has 0 spiro atoms. The molecule has 2 aromatic carbocycles. The van der Waals surface area contributed by atoms with Gasteiger partial charge < -0.3 is 14.8 Å². The Hall–Kier alpha value is -2.64. The van der Waals surface area contributed by atoms with Gasteiger partial charge in [-0.2, -0.15) is 16.9 Å². The Bertz CT molecular complexity index is 987. The third kappa shape index (κ3) is 3.95. The van der Waals surface area contributed by atoms with Gasteiger partial charge in [0.2, 0.25) is 0 Å². The van der Waals surface area contributed by atoms with E-state index in [1.165, 1.54) is 0 Å². The lowest BCUT2D eigenvalue weighted by Gasteiger charge is -2.12. The predicted octanol–water partition coefficient (Wildman–Crippen LogP) is 4.30. The van der Waals surface area contributed by atoms with Crippen LogP contribution in [0.15, 0.2) is 48.5 Å². The molecule has 0 saturated heterocycles. The minimum atomic E-state index is -0.246. The van der Waals surface area contributed by atoms with Crippen molar-refractivity contribution in [1.82, 2.24) is 9.78 Å². The number of carbonyl (C=O) groups is 1. The molecule has 0 unspecified atom stereocenters. The van der Waals surface area contributed by atoms with Crippen LogP contribution in [0, 0.1) is 0 Å². The highest BCUT2D eigenvalue weighted by atomic mass is 35.5. The highest BCUT2D eigenvalue weighted by molar-refractivity contribution is 7.98. The number of carbonyl (C=O) groups excluding carboxylic acids is 1. The van der Waals surface area contributed by atoms with Crippen molar-refractivity contribution in [3.63, 3.8) is 0 Å². The molecule has 1 amide bonds. The molecule has 0 fully saturated rings. The number of halogens is 1. The van der Waals surface area contributed by atoms with Crippen molar-refractivity contribution in [2.45, 2.75) is 11.5 Å². The Morgan fingerprint density at radius 3 is 2.57 bits per heavy atom. The van der Waals surface area contributed by atoms with Gasteiger partial charge in [-0.1, -0.05) is 11.6 Å². The first-order chi connectivity index (χ1) is 13.6. The molecular formula is C20H18ClN3O3S. The first-order valence-electron chi connectivity index (χ1n) is 8.65. The van der Waals surface area contributed by atoms with Crippen molar-refractivity contribution in [2.75, 3.05) is 19.0 Å². The van der Waals surface area contributed by atoms with Gasteiger partial charge in [0.15, 0.2) is 6.61 Å². The highest BCUT2D eigenvalue weighted by Gasteiger charge is 2.24. The number of hydrogen-bond donors (Lipinski definition) is 1. The van der Waals surface area contributed by atoms with E-state index >= 15 is 0 Å². The van der Waals surface area contributed by atoms with Gasteiger partial charge >= 0.3 is 0 Å². The van der Waals surface area contributed by atoms with Crippen LogP contribution in [0.2, 0.25) is 5.02 Å². The number of hydrogen-bond acceptors (Lipinski definition) is 5. The second kappa shape index (κ2) is 8.16. The second-order valence-corrected chi connectivity index (χ2v) is 7.59. The molecule has 1 aliphatic rings. The van der Waals surface area contributed by atoms with Gasteiger partial charge in [0.1, 0.15) is 17.3 Å². The zero-order valence-corrected chi connectivity index (χ0v) is 16.7. The maximum absolute atomic E-state index is 12.5. The minimum Gasteiger partial charge on any atom is -0.497 e. The van der Waals surface area contributed by atoms with Crippen LogP contribution in [-0.2, 0) is 16.3 Å². The molecule has 0 radical (unpaired) electrons. The van der Waals surface area contributed by atoms with E-state index in [0.717, 1.165) is 34.2 Å². The SMILES string of the molecule is COc1ccc(-n2nc3c(c2NC(=O)COc2ccc(Cl)cc2)CSC3)cc1. The fourth-order valence-electron chi connectivity index (χ4n) is 2.90. The van der Waals surface area contributed by atoms with E-state index in [0.29, 0.717) is 16.6 Å². The molecule has 6 nitrogen and oxygen atoms in total. The van der Waals surface area contributed by atoms with E-state index in [1.54, 1.807) is 47.8 Å². The number of ether oxygens (including phenoxy) is 2. The van der Waals surface area contributed by atoms with E-state index in [-0.39, 0.29) is 12.5 Å². The van der Waals surface area contributed by atoms with E-state index in [4.69, 9.17) is 21.1 Å². The summed E-state index contributed by atoms with van der Waals surface area (Å²) < 4.78 is 12.5. The van der Waals surface area contributed by atoms with Gasteiger partial charge in [0.05, 0.1) is 18.5 Å². The van der Waals surface area contributed by atoms with Crippen LogP contribution in [0.1, 0.15) is 11.3 Å². The molecule has 4 rings (SSSR count). The molecule has 28 heavy (non-hydrogen) atoms. The van der Waals surface area contributed by atoms with Crippen molar-refractivity contribution in [2.24, 2.45) is 0 Å². The van der Waals surface area contributed by atoms with Crippen molar-refractivity contribution < 1.29 is 14.3 Å². The summed E-state index contributed by atoms with van der Waals surface area (Å²) in [6.45, 7) is -0.0999. The topological polar surface area (TPSA) is 65.4 Å². The first kappa shape index (κ1) is 18.7. The number of benzene rings is 2. The molecule has 1 aromatic heterocycles. The van der Waals surface area contributed by atoms with Crippen LogP contribution in [0.5, 0.6) is 11.5 Å². The quantitative estimate of drug-likeness (QED) is 0.650. The zero-order valence-electron chi connectivity index (χ0n) is 15.1. The summed E-state index contributed by atoms with van der Waals surface area (Å²) in [5, 5.41) is 8.27. The third-order valence-electron chi connectivity index (χ3n) is 4.31. The number of nitrogens with one attached hydrogen (secondary N) is 1. The van der Waals surface area contributed by atoms with Gasteiger partial charge in [0.25, 0.3) is 5.91 Å². The largest absolute Gasteiger partial charge is 0.497 e. The van der Waals surface area contributed by atoms with Crippen LogP contribution in [-0.4, -0.2) is 29.4 Å². The van der Waals surface area contributed by atoms with Gasteiger partial charge in [-0.05, 0) is 48.5 Å². The smallest absolute Gasteiger partial charge is 0.263 e. The van der Waals surface area contributed by atoms with Gasteiger partial charge in [0, 0.05) is 22.1 Å². The predicted molar refractivity (Wildman–Crippen MR) is 111 cm³/mol. The van der Waals surface area contributed by atoms with Gasteiger partial charge in [-0.3, -0.25) is 4.79 Å². The molecule has 3 aromatic rings. The second-order valence-electron chi connectivity index (χ2n) is 6.17. The summed E-state index contributed by atoms with van der Waals surface area (Å²) in [4.78, 5) is 12.5. The Kier molecular flexibility index (Phi) is 5.45. The normalized spacial score (nSPS) is 12.5. The Labute approximate surface area is 171 Å². The van der Waals surface area contributed by atoms with Crippen LogP contribution >= 0.6 is 23.4 Å². The summed E-state index contributed by atoms with van der Waals surface area (Å²) in [6, 6.07) is 14.5. The molecule has 0 atom stereocenters. The number of amides is 1. The number of fused-ring (bicyclic) bond motifs is 1. The third-order valence-corrected chi connectivity index (χ3v) is 5.53.